The van der Waals surface area contributed by atoms with E-state index < -0.39 is 0 Å². The molecule has 0 radical (unpaired) electrons. The van der Waals surface area contributed by atoms with Gasteiger partial charge in [-0.2, -0.15) is 0 Å². The van der Waals surface area contributed by atoms with Crippen molar-refractivity contribution < 1.29 is 16.2 Å². The van der Waals surface area contributed by atoms with Gasteiger partial charge in [-0.3, -0.25) is 0 Å². The molecule has 2 saturated carbocycles. The first-order valence-corrected chi connectivity index (χ1v) is 7.41. The van der Waals surface area contributed by atoms with Crippen molar-refractivity contribution in [2.45, 2.75) is 44.6 Å². The zero-order valence-electron chi connectivity index (χ0n) is 8.99. The highest BCUT2D eigenvalue weighted by molar-refractivity contribution is 14.1. The van der Waals surface area contributed by atoms with Gasteiger partial charge in [0.05, 0.1) is 12.7 Å². The van der Waals surface area contributed by atoms with Crippen LogP contribution in [0, 0.1) is 11.3 Å². The molecule has 2 aliphatic carbocycles. The van der Waals surface area contributed by atoms with Gasteiger partial charge in [-0.1, -0.05) is 11.5 Å². The first kappa shape index (κ1) is 13.7. The number of halogens is 2. The molecule has 2 aliphatic rings. The van der Waals surface area contributed by atoms with Crippen molar-refractivity contribution in [1.29, 1.82) is 0 Å². The Kier molecular flexibility index (Phi) is 5.54. The first-order chi connectivity index (χ1) is 7.80. The molecule has 6 heteroatoms. The van der Waals surface area contributed by atoms with Crippen molar-refractivity contribution in [3.8, 4) is 0 Å². The Hall–Kier alpha value is 1.30. The summed E-state index contributed by atoms with van der Waals surface area (Å²) in [6, 6.07) is 0. The minimum Gasteiger partial charge on any atom is -0.312 e. The lowest BCUT2D eigenvalue weighted by atomic mass is 9.77. The van der Waals surface area contributed by atoms with Gasteiger partial charge in [0.2, 0.25) is 0 Å². The van der Waals surface area contributed by atoms with E-state index in [0.29, 0.717) is 24.0 Å². The van der Waals surface area contributed by atoms with Crippen LogP contribution in [0.25, 0.3) is 0 Å². The van der Waals surface area contributed by atoms with Crippen LogP contribution < -0.4 is 0 Å². The SMILES string of the molecule is IOOOCC1CCCC12CCC(OI)C2. The third-order valence-corrected chi connectivity index (χ3v) is 5.03. The standard InChI is InChI=1S/C10H16I2O4/c11-14-9-3-5-10(6-9)4-1-2-8(10)7-13-16-15-12/h8-9H,1-7H2. The Balaban J connectivity index is 1.87. The van der Waals surface area contributed by atoms with Crippen LogP contribution in [0.5, 0.6) is 0 Å². The summed E-state index contributed by atoms with van der Waals surface area (Å²) in [7, 11) is 0. The zero-order chi connectivity index (χ0) is 11.4. The molecule has 0 amide bonds. The third-order valence-electron chi connectivity index (χ3n) is 4.16. The number of hydrogen-bond acceptors (Lipinski definition) is 4. The predicted molar refractivity (Wildman–Crippen MR) is 74.7 cm³/mol. The molecule has 0 aromatic carbocycles. The molecule has 2 rings (SSSR count). The fraction of sp³-hybridized carbons (Fsp3) is 1.00. The molecule has 0 aliphatic heterocycles. The Bertz CT molecular complexity index is 229. The van der Waals surface area contributed by atoms with E-state index in [4.69, 9.17) is 7.95 Å². The molecule has 0 heterocycles. The second-order valence-electron chi connectivity index (χ2n) is 4.82. The molecule has 94 valence electrons. The molecular formula is C10H16I2O4. The van der Waals surface area contributed by atoms with Crippen molar-refractivity contribution >= 4 is 46.0 Å². The van der Waals surface area contributed by atoms with Crippen LogP contribution in [0.15, 0.2) is 0 Å². The highest BCUT2D eigenvalue weighted by atomic mass is 127. The molecule has 3 atom stereocenters. The largest absolute Gasteiger partial charge is 0.312 e. The number of rotatable bonds is 5. The van der Waals surface area contributed by atoms with E-state index in [0.717, 1.165) is 0 Å². The minimum atomic E-state index is 0.433. The van der Waals surface area contributed by atoms with Gasteiger partial charge in [0.1, 0.15) is 23.0 Å². The Morgan fingerprint density at radius 1 is 1.19 bits per heavy atom. The van der Waals surface area contributed by atoms with E-state index in [2.05, 4.69) is 8.26 Å². The second-order valence-corrected chi connectivity index (χ2v) is 5.69. The van der Waals surface area contributed by atoms with Gasteiger partial charge in [-0.25, -0.2) is 4.89 Å². The molecule has 0 bridgehead atoms. The van der Waals surface area contributed by atoms with E-state index in [1.54, 1.807) is 23.0 Å². The maximum absolute atomic E-state index is 5.44. The number of hydrogen-bond donors (Lipinski definition) is 0. The lowest BCUT2D eigenvalue weighted by molar-refractivity contribution is -0.452. The summed E-state index contributed by atoms with van der Waals surface area (Å²) in [5, 5.41) is 4.51. The van der Waals surface area contributed by atoms with Crippen molar-refractivity contribution in [1.82, 2.24) is 0 Å². The van der Waals surface area contributed by atoms with E-state index >= 15 is 0 Å². The van der Waals surface area contributed by atoms with Crippen LogP contribution in [0.4, 0.5) is 0 Å². The summed E-state index contributed by atoms with van der Waals surface area (Å²) < 4.78 is 9.86. The fourth-order valence-corrected chi connectivity index (χ4v) is 3.92. The van der Waals surface area contributed by atoms with Gasteiger partial charge in [0.15, 0.2) is 23.0 Å². The smallest absolute Gasteiger partial charge is 0.158 e. The minimum absolute atomic E-state index is 0.433. The normalized spacial score (nSPS) is 38.6. The van der Waals surface area contributed by atoms with Gasteiger partial charge in [0, 0.05) is 0 Å². The van der Waals surface area contributed by atoms with Gasteiger partial charge in [-0.15, -0.1) is 3.22 Å². The van der Waals surface area contributed by atoms with Crippen LogP contribution in [0.2, 0.25) is 0 Å². The molecule has 0 saturated heterocycles. The molecule has 2 fully saturated rings. The zero-order valence-corrected chi connectivity index (χ0v) is 13.3. The average molecular weight is 454 g/mol. The van der Waals surface area contributed by atoms with E-state index in [-0.39, 0.29) is 0 Å². The van der Waals surface area contributed by atoms with Gasteiger partial charge in [-0.05, 0) is 43.4 Å². The molecule has 0 aromatic heterocycles. The molecule has 3 unspecified atom stereocenters. The molecular weight excluding hydrogens is 438 g/mol. The second kappa shape index (κ2) is 6.46. The van der Waals surface area contributed by atoms with Crippen LogP contribution in [-0.4, -0.2) is 12.7 Å². The molecule has 0 N–H and O–H groups in total. The quantitative estimate of drug-likeness (QED) is 0.273. The van der Waals surface area contributed by atoms with Gasteiger partial charge < -0.3 is 3.07 Å². The summed E-state index contributed by atoms with van der Waals surface area (Å²) in [4.78, 5) is 5.05. The summed E-state index contributed by atoms with van der Waals surface area (Å²) in [5.41, 5.74) is 0.435. The van der Waals surface area contributed by atoms with Crippen LogP contribution in [0.1, 0.15) is 38.5 Å². The lowest BCUT2D eigenvalue weighted by Crippen LogP contribution is -2.27. The summed E-state index contributed by atoms with van der Waals surface area (Å²) >= 11 is 3.68. The highest BCUT2D eigenvalue weighted by Gasteiger charge is 2.48. The third kappa shape index (κ3) is 3.00. The average Bonchev–Trinajstić information content (AvgIpc) is 2.88. The monoisotopic (exact) mass is 454 g/mol. The highest BCUT2D eigenvalue weighted by Crippen LogP contribution is 2.55. The van der Waals surface area contributed by atoms with Crippen molar-refractivity contribution in [3.63, 3.8) is 0 Å². The van der Waals surface area contributed by atoms with E-state index in [1.165, 1.54) is 38.5 Å². The van der Waals surface area contributed by atoms with Gasteiger partial charge in [0.25, 0.3) is 0 Å². The Morgan fingerprint density at radius 2 is 2.06 bits per heavy atom. The van der Waals surface area contributed by atoms with Gasteiger partial charge >= 0.3 is 0 Å². The Labute approximate surface area is 124 Å². The lowest BCUT2D eigenvalue weighted by Gasteiger charge is -2.30. The molecule has 4 nitrogen and oxygen atoms in total. The predicted octanol–water partition coefficient (Wildman–Crippen LogP) is 3.92. The van der Waals surface area contributed by atoms with E-state index in [9.17, 15) is 0 Å². The van der Waals surface area contributed by atoms with Crippen molar-refractivity contribution in [2.24, 2.45) is 11.3 Å². The van der Waals surface area contributed by atoms with Crippen LogP contribution in [0.3, 0.4) is 0 Å². The van der Waals surface area contributed by atoms with Crippen LogP contribution >= 0.6 is 46.0 Å². The van der Waals surface area contributed by atoms with E-state index in [1.807, 2.05) is 23.0 Å². The maximum Gasteiger partial charge on any atom is 0.158 e. The first-order valence-electron chi connectivity index (χ1n) is 5.65. The Morgan fingerprint density at radius 3 is 2.75 bits per heavy atom. The molecule has 0 aromatic rings. The maximum atomic E-state index is 5.44. The fourth-order valence-electron chi connectivity index (χ4n) is 3.38. The topological polar surface area (TPSA) is 36.9 Å². The van der Waals surface area contributed by atoms with Crippen molar-refractivity contribution in [2.75, 3.05) is 6.61 Å². The molecule has 1 spiro atoms. The summed E-state index contributed by atoms with van der Waals surface area (Å²) in [5.74, 6) is 0.593. The van der Waals surface area contributed by atoms with Crippen LogP contribution in [-0.2, 0) is 16.2 Å². The van der Waals surface area contributed by atoms with Crippen molar-refractivity contribution in [3.05, 3.63) is 0 Å². The molecule has 16 heavy (non-hydrogen) atoms. The summed E-state index contributed by atoms with van der Waals surface area (Å²) in [6.07, 6.45) is 7.90. The summed E-state index contributed by atoms with van der Waals surface area (Å²) in [6.45, 7) is 0.636.